The summed E-state index contributed by atoms with van der Waals surface area (Å²) in [4.78, 5) is 0. The lowest BCUT2D eigenvalue weighted by molar-refractivity contribution is 1.31. The first-order valence-electron chi connectivity index (χ1n) is 8.72. The number of hydrogen-bond acceptors (Lipinski definition) is 0. The van der Waals surface area contributed by atoms with Gasteiger partial charge >= 0.3 is 0 Å². The summed E-state index contributed by atoms with van der Waals surface area (Å²) in [6, 6.07) is 28.8. The molecule has 0 aromatic heterocycles. The lowest BCUT2D eigenvalue weighted by Crippen LogP contribution is -1.87. The molecule has 0 fully saturated rings. The highest BCUT2D eigenvalue weighted by Gasteiger charge is 2.09. The highest BCUT2D eigenvalue weighted by molar-refractivity contribution is 6.22. The van der Waals surface area contributed by atoms with Crippen LogP contribution in [-0.4, -0.2) is 0 Å². The van der Waals surface area contributed by atoms with Crippen LogP contribution in [-0.2, 0) is 6.42 Å². The third-order valence-corrected chi connectivity index (χ3v) is 5.21. The van der Waals surface area contributed by atoms with Crippen molar-refractivity contribution in [3.8, 4) is 0 Å². The lowest BCUT2D eigenvalue weighted by Gasteiger charge is -2.12. The summed E-state index contributed by atoms with van der Waals surface area (Å²) < 4.78 is 0. The van der Waals surface area contributed by atoms with Crippen molar-refractivity contribution in [2.45, 2.75) is 6.42 Å². The van der Waals surface area contributed by atoms with Crippen molar-refractivity contribution >= 4 is 43.1 Å². The summed E-state index contributed by atoms with van der Waals surface area (Å²) in [6.07, 6.45) is 2.88. The van der Waals surface area contributed by atoms with E-state index in [4.69, 9.17) is 0 Å². The van der Waals surface area contributed by atoms with Crippen molar-refractivity contribution in [2.75, 3.05) is 0 Å². The third-order valence-electron chi connectivity index (χ3n) is 5.21. The van der Waals surface area contributed by atoms with Gasteiger partial charge in [0.1, 0.15) is 0 Å². The summed E-state index contributed by atoms with van der Waals surface area (Å²) >= 11 is 0. The van der Waals surface area contributed by atoms with Gasteiger partial charge in [0.25, 0.3) is 0 Å². The predicted molar refractivity (Wildman–Crippen MR) is 110 cm³/mol. The smallest absolute Gasteiger partial charge is 0.00699 e. The Balaban J connectivity index is 1.98. The van der Waals surface area contributed by atoms with Gasteiger partial charge in [-0.15, -0.1) is 6.58 Å². The highest BCUT2D eigenvalue weighted by Crippen LogP contribution is 2.35. The van der Waals surface area contributed by atoms with Crippen LogP contribution in [0.25, 0.3) is 43.1 Å². The fraction of sp³-hybridized carbons (Fsp3) is 0.0400. The van der Waals surface area contributed by atoms with E-state index in [0.29, 0.717) is 0 Å². The molecule has 0 aliphatic rings. The van der Waals surface area contributed by atoms with Crippen LogP contribution in [0.5, 0.6) is 0 Å². The first kappa shape index (κ1) is 14.2. The molecular formula is C25H18. The zero-order chi connectivity index (χ0) is 16.8. The Bertz CT molecular complexity index is 1280. The molecule has 0 heterocycles. The molecule has 0 saturated heterocycles. The summed E-state index contributed by atoms with van der Waals surface area (Å²) in [5.41, 5.74) is 1.35. The fourth-order valence-corrected chi connectivity index (χ4v) is 4.10. The molecule has 118 valence electrons. The Labute approximate surface area is 147 Å². The molecule has 0 spiro atoms. The molecule has 0 bridgehead atoms. The molecule has 0 aliphatic carbocycles. The minimum Gasteiger partial charge on any atom is -0.103 e. The van der Waals surface area contributed by atoms with Crippen molar-refractivity contribution in [3.05, 3.63) is 97.1 Å². The van der Waals surface area contributed by atoms with Gasteiger partial charge in [-0.2, -0.15) is 0 Å². The number of benzene rings is 5. The number of allylic oxidation sites excluding steroid dienone is 1. The third kappa shape index (κ3) is 2.08. The second kappa shape index (κ2) is 5.46. The maximum absolute atomic E-state index is 3.93. The molecule has 0 unspecified atom stereocenters. The molecule has 0 aliphatic heterocycles. The van der Waals surface area contributed by atoms with Crippen LogP contribution in [0.3, 0.4) is 0 Å². The van der Waals surface area contributed by atoms with E-state index in [-0.39, 0.29) is 0 Å². The minimum atomic E-state index is 0.895. The second-order valence-corrected chi connectivity index (χ2v) is 6.62. The average molecular weight is 318 g/mol. The quantitative estimate of drug-likeness (QED) is 0.242. The van der Waals surface area contributed by atoms with Gasteiger partial charge in [0.2, 0.25) is 0 Å². The molecule has 0 radical (unpaired) electrons. The van der Waals surface area contributed by atoms with Crippen molar-refractivity contribution < 1.29 is 0 Å². The molecule has 0 amide bonds. The fourth-order valence-electron chi connectivity index (χ4n) is 4.10. The van der Waals surface area contributed by atoms with Crippen LogP contribution in [0, 0.1) is 0 Å². The van der Waals surface area contributed by atoms with Gasteiger partial charge in [-0.25, -0.2) is 0 Å². The van der Waals surface area contributed by atoms with Crippen LogP contribution in [0.15, 0.2) is 91.5 Å². The molecular weight excluding hydrogens is 300 g/mol. The van der Waals surface area contributed by atoms with Crippen molar-refractivity contribution in [1.29, 1.82) is 0 Å². The number of fused-ring (bicyclic) bond motifs is 7. The monoisotopic (exact) mass is 318 g/mol. The number of rotatable bonds is 2. The van der Waals surface area contributed by atoms with E-state index in [1.165, 1.54) is 48.7 Å². The number of hydrogen-bond donors (Lipinski definition) is 0. The van der Waals surface area contributed by atoms with E-state index in [1.807, 2.05) is 6.08 Å². The first-order chi connectivity index (χ1) is 12.4. The SMILES string of the molecule is C=CCc1cccc2ccc3c4ccc5ccccc5c4ccc3c12. The van der Waals surface area contributed by atoms with Gasteiger partial charge in [0.15, 0.2) is 0 Å². The normalized spacial score (nSPS) is 11.5. The van der Waals surface area contributed by atoms with Gasteiger partial charge in [-0.3, -0.25) is 0 Å². The standard InChI is InChI=1S/C25H18/c1-2-6-18-8-5-9-19-12-14-23-22-13-11-17-7-3-4-10-20(17)21(22)15-16-24(23)25(18)19/h2-5,7-16H,1,6H2. The summed E-state index contributed by atoms with van der Waals surface area (Å²) in [6.45, 7) is 3.93. The van der Waals surface area contributed by atoms with E-state index in [1.54, 1.807) is 0 Å². The zero-order valence-electron chi connectivity index (χ0n) is 14.0. The molecule has 5 rings (SSSR count). The average Bonchev–Trinajstić information content (AvgIpc) is 2.67. The van der Waals surface area contributed by atoms with Gasteiger partial charge in [0, 0.05) is 0 Å². The largest absolute Gasteiger partial charge is 0.103 e. The Morgan fingerprint density at radius 3 is 2.08 bits per heavy atom. The maximum Gasteiger partial charge on any atom is -0.00699 e. The van der Waals surface area contributed by atoms with E-state index in [0.717, 1.165) is 6.42 Å². The Morgan fingerprint density at radius 2 is 1.20 bits per heavy atom. The molecule has 0 heteroatoms. The summed E-state index contributed by atoms with van der Waals surface area (Å²) in [7, 11) is 0. The molecule has 25 heavy (non-hydrogen) atoms. The minimum absolute atomic E-state index is 0.895. The summed E-state index contributed by atoms with van der Waals surface area (Å²) in [5.74, 6) is 0. The molecule has 0 N–H and O–H groups in total. The molecule has 0 nitrogen and oxygen atoms in total. The molecule has 0 saturated carbocycles. The lowest BCUT2D eigenvalue weighted by atomic mass is 9.92. The van der Waals surface area contributed by atoms with E-state index in [9.17, 15) is 0 Å². The van der Waals surface area contributed by atoms with Gasteiger partial charge in [-0.05, 0) is 55.1 Å². The van der Waals surface area contributed by atoms with Crippen LogP contribution in [0.1, 0.15) is 5.56 Å². The first-order valence-corrected chi connectivity index (χ1v) is 8.72. The molecule has 5 aromatic carbocycles. The second-order valence-electron chi connectivity index (χ2n) is 6.62. The highest BCUT2D eigenvalue weighted by atomic mass is 14.1. The van der Waals surface area contributed by atoms with Crippen LogP contribution < -0.4 is 0 Å². The van der Waals surface area contributed by atoms with Crippen molar-refractivity contribution in [3.63, 3.8) is 0 Å². The van der Waals surface area contributed by atoms with Crippen LogP contribution in [0.2, 0.25) is 0 Å². The van der Waals surface area contributed by atoms with E-state index >= 15 is 0 Å². The molecule has 0 atom stereocenters. The Hall–Kier alpha value is -3.12. The Kier molecular flexibility index (Phi) is 3.11. The topological polar surface area (TPSA) is 0 Å². The molecule has 5 aromatic rings. The van der Waals surface area contributed by atoms with Crippen molar-refractivity contribution in [1.82, 2.24) is 0 Å². The van der Waals surface area contributed by atoms with E-state index in [2.05, 4.69) is 85.4 Å². The predicted octanol–water partition coefficient (Wildman–Crippen LogP) is 7.03. The van der Waals surface area contributed by atoms with Crippen molar-refractivity contribution in [2.24, 2.45) is 0 Å². The van der Waals surface area contributed by atoms with Gasteiger partial charge < -0.3 is 0 Å². The van der Waals surface area contributed by atoms with E-state index < -0.39 is 0 Å². The van der Waals surface area contributed by atoms with Crippen LogP contribution in [0.4, 0.5) is 0 Å². The Morgan fingerprint density at radius 1 is 0.560 bits per heavy atom. The van der Waals surface area contributed by atoms with Gasteiger partial charge in [-0.1, -0.05) is 84.9 Å². The van der Waals surface area contributed by atoms with Crippen LogP contribution >= 0.6 is 0 Å². The zero-order valence-corrected chi connectivity index (χ0v) is 14.0. The van der Waals surface area contributed by atoms with Gasteiger partial charge in [0.05, 0.1) is 0 Å². The summed E-state index contributed by atoms with van der Waals surface area (Å²) in [5, 5.41) is 10.6. The maximum atomic E-state index is 3.93.